The lowest BCUT2D eigenvalue weighted by Gasteiger charge is -1.79. The molecule has 36 valence electrons. The van der Waals surface area contributed by atoms with E-state index in [4.69, 9.17) is 11.6 Å². The van der Waals surface area contributed by atoms with Gasteiger partial charge in [0.25, 0.3) is 0 Å². The molecule has 0 aromatic rings. The first kappa shape index (κ1) is 5.83. The van der Waals surface area contributed by atoms with Crippen LogP contribution >= 0.6 is 11.6 Å². The molecule has 0 heterocycles. The van der Waals surface area contributed by atoms with Gasteiger partial charge in [0.1, 0.15) is 0 Å². The van der Waals surface area contributed by atoms with Crippen molar-refractivity contribution in [2.24, 2.45) is 0 Å². The predicted octanol–water partition coefficient (Wildman–Crippen LogP) is 1.39. The second kappa shape index (κ2) is 4.83. The van der Waals surface area contributed by atoms with Gasteiger partial charge in [0.05, 0.1) is 13.4 Å². The van der Waals surface area contributed by atoms with Crippen LogP contribution in [0.25, 0.3) is 0 Å². The number of halogens is 1. The summed E-state index contributed by atoms with van der Waals surface area (Å²) in [6.45, 7) is 0. The zero-order chi connectivity index (χ0) is 4.83. The van der Waals surface area contributed by atoms with E-state index in [1.54, 1.807) is 19.4 Å². The number of methoxy groups -OCH3 is 1. The number of hydrogen-bond acceptors (Lipinski definition) is 1. The highest BCUT2D eigenvalue weighted by Gasteiger charge is 1.60. The lowest BCUT2D eigenvalue weighted by atomic mass is 10.7. The largest absolute Gasteiger partial charge is 0.505 e. The first-order chi connectivity index (χ1) is 2.91. The van der Waals surface area contributed by atoms with E-state index in [0.717, 1.165) is 0 Å². The van der Waals surface area contributed by atoms with Gasteiger partial charge in [-0.1, -0.05) is 0 Å². The van der Waals surface area contributed by atoms with Crippen molar-refractivity contribution in [3.63, 3.8) is 0 Å². The van der Waals surface area contributed by atoms with Gasteiger partial charge in [0, 0.05) is 5.88 Å². The summed E-state index contributed by atoms with van der Waals surface area (Å²) >= 11 is 5.21. The van der Waals surface area contributed by atoms with Crippen molar-refractivity contribution in [2.75, 3.05) is 13.0 Å². The van der Waals surface area contributed by atoms with E-state index in [9.17, 15) is 0 Å². The summed E-state index contributed by atoms with van der Waals surface area (Å²) in [4.78, 5) is 0. The van der Waals surface area contributed by atoms with Gasteiger partial charge in [-0.05, 0) is 6.08 Å². The Morgan fingerprint density at radius 1 is 1.83 bits per heavy atom. The fourth-order valence-corrected chi connectivity index (χ4v) is 0.205. The van der Waals surface area contributed by atoms with Crippen molar-refractivity contribution < 1.29 is 4.74 Å². The molecule has 0 fully saturated rings. The Morgan fingerprint density at radius 3 is 2.67 bits per heavy atom. The van der Waals surface area contributed by atoms with Crippen molar-refractivity contribution in [3.8, 4) is 0 Å². The highest BCUT2D eigenvalue weighted by Crippen LogP contribution is 1.75. The van der Waals surface area contributed by atoms with Crippen LogP contribution in [-0.2, 0) is 4.74 Å². The van der Waals surface area contributed by atoms with Crippen LogP contribution in [0.1, 0.15) is 0 Å². The molecule has 0 saturated carbocycles. The molecule has 0 radical (unpaired) electrons. The quantitative estimate of drug-likeness (QED) is 0.382. The molecule has 0 aliphatic heterocycles. The molecule has 0 aliphatic rings. The minimum Gasteiger partial charge on any atom is -0.505 e. The van der Waals surface area contributed by atoms with E-state index in [-0.39, 0.29) is 0 Å². The number of allylic oxidation sites excluding steroid dienone is 1. The molecule has 0 N–H and O–H groups in total. The SMILES string of the molecule is CO/C=C/CCl. The Balaban J connectivity index is 2.73. The van der Waals surface area contributed by atoms with Gasteiger partial charge in [-0.3, -0.25) is 0 Å². The number of rotatable bonds is 2. The van der Waals surface area contributed by atoms with Crippen LogP contribution in [0.2, 0.25) is 0 Å². The number of ether oxygens (including phenoxy) is 1. The lowest BCUT2D eigenvalue weighted by Crippen LogP contribution is -1.63. The summed E-state index contributed by atoms with van der Waals surface area (Å²) in [6, 6.07) is 0. The molecule has 0 atom stereocenters. The predicted molar refractivity (Wildman–Crippen MR) is 26.9 cm³/mol. The van der Waals surface area contributed by atoms with Gasteiger partial charge in [-0.25, -0.2) is 0 Å². The molecular formula is C4H7ClO. The van der Waals surface area contributed by atoms with E-state index in [1.165, 1.54) is 0 Å². The Morgan fingerprint density at radius 2 is 2.50 bits per heavy atom. The maximum atomic E-state index is 5.21. The molecule has 6 heavy (non-hydrogen) atoms. The van der Waals surface area contributed by atoms with E-state index >= 15 is 0 Å². The van der Waals surface area contributed by atoms with Crippen LogP contribution in [0.15, 0.2) is 12.3 Å². The monoisotopic (exact) mass is 106 g/mol. The van der Waals surface area contributed by atoms with Crippen LogP contribution < -0.4 is 0 Å². The Hall–Kier alpha value is -0.170. The van der Waals surface area contributed by atoms with Gasteiger partial charge in [-0.15, -0.1) is 11.6 Å². The van der Waals surface area contributed by atoms with E-state index in [0.29, 0.717) is 5.88 Å². The third-order valence-electron chi connectivity index (χ3n) is 0.321. The summed E-state index contributed by atoms with van der Waals surface area (Å²) in [5.74, 6) is 0.522. The third kappa shape index (κ3) is 3.83. The zero-order valence-electron chi connectivity index (χ0n) is 3.65. The lowest BCUT2D eigenvalue weighted by molar-refractivity contribution is 0.337. The van der Waals surface area contributed by atoms with Crippen molar-refractivity contribution in [3.05, 3.63) is 12.3 Å². The van der Waals surface area contributed by atoms with Crippen molar-refractivity contribution in [2.45, 2.75) is 0 Å². The fourth-order valence-electron chi connectivity index (χ4n) is 0.133. The smallest absolute Gasteiger partial charge is 0.0796 e. The third-order valence-corrected chi connectivity index (χ3v) is 0.500. The van der Waals surface area contributed by atoms with Crippen LogP contribution in [0, 0.1) is 0 Å². The molecule has 0 aromatic heterocycles. The molecule has 0 unspecified atom stereocenters. The van der Waals surface area contributed by atoms with Crippen molar-refractivity contribution >= 4 is 11.6 Å². The first-order valence-corrected chi connectivity index (χ1v) is 2.19. The van der Waals surface area contributed by atoms with E-state index in [1.807, 2.05) is 0 Å². The van der Waals surface area contributed by atoms with Gasteiger partial charge < -0.3 is 4.74 Å². The second-order valence-electron chi connectivity index (χ2n) is 0.762. The molecule has 0 saturated heterocycles. The second-order valence-corrected chi connectivity index (χ2v) is 1.07. The van der Waals surface area contributed by atoms with Gasteiger partial charge in [0.2, 0.25) is 0 Å². The summed E-state index contributed by atoms with van der Waals surface area (Å²) < 4.78 is 4.52. The Bertz CT molecular complexity index is 36.8. The fraction of sp³-hybridized carbons (Fsp3) is 0.500. The number of hydrogen-bond donors (Lipinski definition) is 0. The standard InChI is InChI=1S/C4H7ClO/c1-6-4-2-3-5/h2,4H,3H2,1H3/b4-2+. The van der Waals surface area contributed by atoms with Gasteiger partial charge in [0.15, 0.2) is 0 Å². The number of alkyl halides is 1. The average molecular weight is 107 g/mol. The molecule has 0 spiro atoms. The maximum Gasteiger partial charge on any atom is 0.0796 e. The van der Waals surface area contributed by atoms with Crippen LogP contribution in [0.3, 0.4) is 0 Å². The van der Waals surface area contributed by atoms with Crippen molar-refractivity contribution in [1.29, 1.82) is 0 Å². The average Bonchev–Trinajstić information content (AvgIpc) is 1.61. The molecule has 0 aromatic carbocycles. The topological polar surface area (TPSA) is 9.23 Å². The van der Waals surface area contributed by atoms with E-state index in [2.05, 4.69) is 4.74 Å². The molecule has 0 amide bonds. The summed E-state index contributed by atoms with van der Waals surface area (Å²) in [5, 5.41) is 0. The highest BCUT2D eigenvalue weighted by molar-refractivity contribution is 6.18. The first-order valence-electron chi connectivity index (χ1n) is 1.65. The van der Waals surface area contributed by atoms with Crippen LogP contribution in [0.5, 0.6) is 0 Å². The Labute approximate surface area is 42.6 Å². The summed E-state index contributed by atoms with van der Waals surface area (Å²) in [5.41, 5.74) is 0. The van der Waals surface area contributed by atoms with Crippen LogP contribution in [-0.4, -0.2) is 13.0 Å². The molecular weight excluding hydrogens is 99.5 g/mol. The normalized spacial score (nSPS) is 9.67. The molecule has 0 bridgehead atoms. The molecule has 2 heteroatoms. The van der Waals surface area contributed by atoms with Crippen molar-refractivity contribution in [1.82, 2.24) is 0 Å². The van der Waals surface area contributed by atoms with Gasteiger partial charge >= 0.3 is 0 Å². The minimum atomic E-state index is 0.522. The van der Waals surface area contributed by atoms with E-state index < -0.39 is 0 Å². The minimum absolute atomic E-state index is 0.522. The molecule has 0 aliphatic carbocycles. The summed E-state index contributed by atoms with van der Waals surface area (Å²) in [7, 11) is 1.59. The Kier molecular flexibility index (Phi) is 4.69. The highest BCUT2D eigenvalue weighted by atomic mass is 35.5. The molecule has 1 nitrogen and oxygen atoms in total. The van der Waals surface area contributed by atoms with Gasteiger partial charge in [-0.2, -0.15) is 0 Å². The molecule has 0 rings (SSSR count). The summed E-state index contributed by atoms with van der Waals surface area (Å²) in [6.07, 6.45) is 3.27. The van der Waals surface area contributed by atoms with Crippen LogP contribution in [0.4, 0.5) is 0 Å². The zero-order valence-corrected chi connectivity index (χ0v) is 4.40. The maximum absolute atomic E-state index is 5.21.